The molecule has 7 heteroatoms. The summed E-state index contributed by atoms with van der Waals surface area (Å²) in [6.07, 6.45) is 3.45. The summed E-state index contributed by atoms with van der Waals surface area (Å²) >= 11 is 0. The molecule has 1 saturated heterocycles. The van der Waals surface area contributed by atoms with E-state index in [1.807, 2.05) is 14.0 Å². The quantitative estimate of drug-likeness (QED) is 0.262. The van der Waals surface area contributed by atoms with E-state index in [0.717, 1.165) is 64.7 Å². The van der Waals surface area contributed by atoms with Crippen molar-refractivity contribution in [1.29, 1.82) is 0 Å². The fourth-order valence-corrected chi connectivity index (χ4v) is 2.40. The lowest BCUT2D eigenvalue weighted by Crippen LogP contribution is -2.47. The predicted molar refractivity (Wildman–Crippen MR) is 100 cm³/mol. The van der Waals surface area contributed by atoms with E-state index in [1.165, 1.54) is 0 Å². The molecular formula is C15H32IN3O3. The number of methoxy groups -OCH3 is 1. The Kier molecular flexibility index (Phi) is 14.4. The molecule has 1 fully saturated rings. The largest absolute Gasteiger partial charge is 0.385 e. The maximum atomic E-state index is 5.87. The van der Waals surface area contributed by atoms with E-state index in [4.69, 9.17) is 14.2 Å². The zero-order chi connectivity index (χ0) is 15.3. The maximum absolute atomic E-state index is 5.87. The van der Waals surface area contributed by atoms with Gasteiger partial charge in [-0.3, -0.25) is 4.99 Å². The van der Waals surface area contributed by atoms with Crippen LogP contribution >= 0.6 is 24.0 Å². The van der Waals surface area contributed by atoms with Crippen molar-refractivity contribution in [2.75, 3.05) is 60.2 Å². The Morgan fingerprint density at radius 3 is 2.55 bits per heavy atom. The van der Waals surface area contributed by atoms with Gasteiger partial charge in [-0.05, 0) is 26.2 Å². The molecule has 0 bridgehead atoms. The molecule has 6 nitrogen and oxygen atoms in total. The maximum Gasteiger partial charge on any atom is 0.193 e. The van der Waals surface area contributed by atoms with Crippen LogP contribution in [-0.4, -0.2) is 77.2 Å². The Balaban J connectivity index is 0.00000441. The summed E-state index contributed by atoms with van der Waals surface area (Å²) in [5, 5.41) is 3.34. The molecular weight excluding hydrogens is 397 g/mol. The Hall–Kier alpha value is -0.120. The van der Waals surface area contributed by atoms with E-state index in [1.54, 1.807) is 7.11 Å². The first-order valence-corrected chi connectivity index (χ1v) is 7.95. The molecule has 0 spiro atoms. The number of halogens is 1. The van der Waals surface area contributed by atoms with Crippen molar-refractivity contribution >= 4 is 29.9 Å². The van der Waals surface area contributed by atoms with Crippen molar-refractivity contribution in [1.82, 2.24) is 10.2 Å². The highest BCUT2D eigenvalue weighted by molar-refractivity contribution is 14.0. The van der Waals surface area contributed by atoms with Gasteiger partial charge in [-0.2, -0.15) is 0 Å². The minimum atomic E-state index is 0. The lowest BCUT2D eigenvalue weighted by molar-refractivity contribution is 0.00985. The van der Waals surface area contributed by atoms with Crippen LogP contribution in [0.15, 0.2) is 4.99 Å². The van der Waals surface area contributed by atoms with Crippen molar-refractivity contribution in [3.05, 3.63) is 0 Å². The van der Waals surface area contributed by atoms with Gasteiger partial charge in [0.15, 0.2) is 5.96 Å². The van der Waals surface area contributed by atoms with Crippen LogP contribution < -0.4 is 5.32 Å². The second-order valence-electron chi connectivity index (χ2n) is 5.07. The molecule has 0 aromatic heterocycles. The minimum absolute atomic E-state index is 0. The van der Waals surface area contributed by atoms with Gasteiger partial charge in [-0.15, -0.1) is 24.0 Å². The highest BCUT2D eigenvalue weighted by Crippen LogP contribution is 2.14. The smallest absolute Gasteiger partial charge is 0.193 e. The normalized spacial score (nSPS) is 16.5. The number of rotatable bonds is 9. The molecule has 132 valence electrons. The van der Waals surface area contributed by atoms with Crippen LogP contribution in [0.1, 0.15) is 26.2 Å². The molecule has 22 heavy (non-hydrogen) atoms. The summed E-state index contributed by atoms with van der Waals surface area (Å²) in [5.74, 6) is 0.965. The van der Waals surface area contributed by atoms with Gasteiger partial charge in [0.2, 0.25) is 0 Å². The first kappa shape index (κ1) is 21.9. The second kappa shape index (κ2) is 14.5. The van der Waals surface area contributed by atoms with Crippen LogP contribution in [-0.2, 0) is 14.2 Å². The van der Waals surface area contributed by atoms with E-state index in [0.29, 0.717) is 12.7 Å². The summed E-state index contributed by atoms with van der Waals surface area (Å²) < 4.78 is 16.2. The van der Waals surface area contributed by atoms with Gasteiger partial charge in [-0.25, -0.2) is 0 Å². The van der Waals surface area contributed by atoms with Crippen molar-refractivity contribution in [3.8, 4) is 0 Å². The van der Waals surface area contributed by atoms with Crippen molar-refractivity contribution in [3.63, 3.8) is 0 Å². The summed E-state index contributed by atoms with van der Waals surface area (Å²) in [5.41, 5.74) is 0. The Bertz CT molecular complexity index is 285. The third-order valence-electron chi connectivity index (χ3n) is 3.53. The van der Waals surface area contributed by atoms with Gasteiger partial charge in [0, 0.05) is 53.6 Å². The number of piperidine rings is 1. The third kappa shape index (κ3) is 9.12. The fraction of sp³-hybridized carbons (Fsp3) is 0.933. The van der Waals surface area contributed by atoms with Gasteiger partial charge < -0.3 is 24.4 Å². The first-order valence-electron chi connectivity index (χ1n) is 7.95. The Labute approximate surface area is 152 Å². The number of nitrogens with zero attached hydrogens (tertiary/aromatic N) is 2. The molecule has 1 heterocycles. The average molecular weight is 429 g/mol. The summed E-state index contributed by atoms with van der Waals surface area (Å²) in [6, 6.07) is 0. The number of hydrogen-bond donors (Lipinski definition) is 1. The van der Waals surface area contributed by atoms with Crippen LogP contribution in [0.3, 0.4) is 0 Å². The summed E-state index contributed by atoms with van der Waals surface area (Å²) in [4.78, 5) is 6.63. The monoisotopic (exact) mass is 429 g/mol. The standard InChI is InChI=1S/C15H31N3O3.HI/c1-4-20-13-8-17-15(16-2)18-9-6-14(7-10-18)21-12-5-11-19-3;/h14H,4-13H2,1-3H3,(H,16,17);1H. The van der Waals surface area contributed by atoms with Crippen molar-refractivity contribution in [2.24, 2.45) is 4.99 Å². The van der Waals surface area contributed by atoms with Crippen LogP contribution in [0.5, 0.6) is 0 Å². The molecule has 0 amide bonds. The number of ether oxygens (including phenoxy) is 3. The summed E-state index contributed by atoms with van der Waals surface area (Å²) in [6.45, 7) is 7.82. The molecule has 0 atom stereocenters. The molecule has 0 aromatic rings. The van der Waals surface area contributed by atoms with Gasteiger partial charge in [0.1, 0.15) is 0 Å². The Morgan fingerprint density at radius 1 is 1.23 bits per heavy atom. The van der Waals surface area contributed by atoms with Crippen molar-refractivity contribution in [2.45, 2.75) is 32.3 Å². The van der Waals surface area contributed by atoms with Crippen LogP contribution in [0.25, 0.3) is 0 Å². The van der Waals surface area contributed by atoms with Crippen molar-refractivity contribution < 1.29 is 14.2 Å². The predicted octanol–water partition coefficient (Wildman–Crippen LogP) is 1.73. The topological polar surface area (TPSA) is 55.3 Å². The second-order valence-corrected chi connectivity index (χ2v) is 5.07. The molecule has 1 rings (SSSR count). The highest BCUT2D eigenvalue weighted by atomic mass is 127. The fourth-order valence-electron chi connectivity index (χ4n) is 2.40. The molecule has 1 aliphatic rings. The van der Waals surface area contributed by atoms with E-state index >= 15 is 0 Å². The number of guanidine groups is 1. The van der Waals surface area contributed by atoms with Gasteiger partial charge >= 0.3 is 0 Å². The van der Waals surface area contributed by atoms with Gasteiger partial charge in [0.25, 0.3) is 0 Å². The molecule has 0 aromatic carbocycles. The van der Waals surface area contributed by atoms with E-state index in [9.17, 15) is 0 Å². The highest BCUT2D eigenvalue weighted by Gasteiger charge is 2.21. The van der Waals surface area contributed by atoms with Gasteiger partial charge in [-0.1, -0.05) is 0 Å². The van der Waals surface area contributed by atoms with Crippen LogP contribution in [0.2, 0.25) is 0 Å². The number of aliphatic imine (C=N–C) groups is 1. The van der Waals surface area contributed by atoms with Crippen LogP contribution in [0.4, 0.5) is 0 Å². The molecule has 0 unspecified atom stereocenters. The van der Waals surface area contributed by atoms with E-state index < -0.39 is 0 Å². The average Bonchev–Trinajstić information content (AvgIpc) is 2.53. The summed E-state index contributed by atoms with van der Waals surface area (Å²) in [7, 11) is 3.55. The molecule has 1 N–H and O–H groups in total. The van der Waals surface area contributed by atoms with E-state index in [2.05, 4.69) is 15.2 Å². The lowest BCUT2D eigenvalue weighted by Gasteiger charge is -2.34. The number of hydrogen-bond acceptors (Lipinski definition) is 4. The zero-order valence-corrected chi connectivity index (χ0v) is 16.5. The Morgan fingerprint density at radius 2 is 1.95 bits per heavy atom. The number of nitrogens with one attached hydrogen (secondary N) is 1. The molecule has 0 radical (unpaired) electrons. The minimum Gasteiger partial charge on any atom is -0.385 e. The van der Waals surface area contributed by atoms with Crippen LogP contribution in [0, 0.1) is 0 Å². The molecule has 1 aliphatic heterocycles. The SMILES string of the molecule is CCOCCNC(=NC)N1CCC(OCCCOC)CC1.I. The third-order valence-corrected chi connectivity index (χ3v) is 3.53. The lowest BCUT2D eigenvalue weighted by atomic mass is 10.1. The zero-order valence-electron chi connectivity index (χ0n) is 14.2. The van der Waals surface area contributed by atoms with Gasteiger partial charge in [0.05, 0.1) is 12.7 Å². The molecule has 0 saturated carbocycles. The first-order chi connectivity index (χ1) is 10.3. The molecule has 0 aliphatic carbocycles. The number of likely N-dealkylation sites (tertiary alicyclic amines) is 1. The van der Waals surface area contributed by atoms with E-state index in [-0.39, 0.29) is 24.0 Å².